The largest absolute Gasteiger partial charge is 0.387 e. The Morgan fingerprint density at radius 3 is 1.64 bits per heavy atom. The lowest BCUT2D eigenvalue weighted by molar-refractivity contribution is -0.334. The zero-order valence-electron chi connectivity index (χ0n) is 42.7. The van der Waals surface area contributed by atoms with Crippen molar-refractivity contribution in [2.75, 3.05) is 50.3 Å². The Balaban J connectivity index is 0.000000318. The van der Waals surface area contributed by atoms with Gasteiger partial charge in [0.15, 0.2) is 18.0 Å². The second-order valence-electron chi connectivity index (χ2n) is 20.3. The summed E-state index contributed by atoms with van der Waals surface area (Å²) in [4.78, 5) is 64.0. The molecule has 6 N–H and O–H groups in total. The fraction of sp³-hybridized carbons (Fsp3) is 0.633. The molecule has 0 aliphatic carbocycles. The molecule has 5 rings (SSSR count). The first-order chi connectivity index (χ1) is 34.0. The van der Waals surface area contributed by atoms with Gasteiger partial charge in [-0.25, -0.2) is 9.97 Å². The maximum Gasteiger partial charge on any atom is 0.252 e. The van der Waals surface area contributed by atoms with E-state index in [9.17, 15) is 39.6 Å². The fourth-order valence-corrected chi connectivity index (χ4v) is 10.7. The number of carbonyl (C=O) groups excluding carboxylic acids is 4. The quantitative estimate of drug-likeness (QED) is 0.0947. The van der Waals surface area contributed by atoms with E-state index in [4.69, 9.17) is 65.4 Å². The lowest BCUT2D eigenvalue weighted by atomic mass is 9.93. The summed E-state index contributed by atoms with van der Waals surface area (Å²) in [5, 5.41) is 48.6. The molecule has 73 heavy (non-hydrogen) atoms. The molecular weight excluding hydrogens is 1070 g/mol. The molecule has 18 nitrogen and oxygen atoms in total. The van der Waals surface area contributed by atoms with Gasteiger partial charge in [-0.1, -0.05) is 112 Å². The number of halogens is 4. The van der Waals surface area contributed by atoms with Crippen LogP contribution in [-0.2, 0) is 51.2 Å². The Morgan fingerprint density at radius 1 is 0.767 bits per heavy atom. The van der Waals surface area contributed by atoms with Gasteiger partial charge in [-0.2, -0.15) is 23.5 Å². The van der Waals surface area contributed by atoms with Crippen LogP contribution in [-0.4, -0.2) is 181 Å². The van der Waals surface area contributed by atoms with Gasteiger partial charge < -0.3 is 59.8 Å². The smallest absolute Gasteiger partial charge is 0.252 e. The standard InChI is InChI=1S/C26H37Cl2N3O6S.C23H33Cl2N3O6S/c1-25(2,3)8-7-17-20(32)21(37-26(4,5)36-17)22(35-6)23(33)29-16-14-38-10-9-31(24(16)34)13-15-11-18(27)30-19(28)12-15;1-23(2,3)6-5-15(29)18(30)19(31)20(34-4)21(32)26-14-12-35-8-7-28(22(14)33)11-13-9-16(24)27-17(25)10-13/h7-8,11-12,16-17,20-22,32H,9-10,13-14H2,1-6H3,(H,29,33);5-6,9-10,14-15,18-20,29-31H,7-8,11-12H2,1-4H3,(H,26,32)/b8-7+;6-5+/t16?,17-,20+,21-,22-;14?,15-,18+,19-,20-/m11/s1. The Bertz CT molecular complexity index is 2210. The summed E-state index contributed by atoms with van der Waals surface area (Å²) in [6, 6.07) is 4.87. The third-order valence-corrected chi connectivity index (χ3v) is 14.1. The van der Waals surface area contributed by atoms with Crippen LogP contribution in [0.5, 0.6) is 0 Å². The fourth-order valence-electron chi connectivity index (χ4n) is 7.70. The van der Waals surface area contributed by atoms with Crippen molar-refractivity contribution in [1.29, 1.82) is 0 Å². The number of aromatic nitrogens is 2. The molecule has 10 atom stereocenters. The van der Waals surface area contributed by atoms with Crippen molar-refractivity contribution in [3.05, 3.63) is 80.3 Å². The summed E-state index contributed by atoms with van der Waals surface area (Å²) in [7, 11) is 2.57. The van der Waals surface area contributed by atoms with Gasteiger partial charge in [-0.05, 0) is 60.1 Å². The van der Waals surface area contributed by atoms with Crippen LogP contribution in [0.15, 0.2) is 48.6 Å². The van der Waals surface area contributed by atoms with Gasteiger partial charge in [0.25, 0.3) is 11.8 Å². The molecule has 5 heterocycles. The molecule has 3 aliphatic rings. The number of thioether (sulfide) groups is 2. The van der Waals surface area contributed by atoms with Crippen molar-refractivity contribution in [1.82, 2.24) is 30.4 Å². The van der Waals surface area contributed by atoms with Crippen molar-refractivity contribution in [2.24, 2.45) is 10.8 Å². The van der Waals surface area contributed by atoms with Crippen LogP contribution in [0.25, 0.3) is 0 Å². The summed E-state index contributed by atoms with van der Waals surface area (Å²) in [5.74, 6) is -0.869. The van der Waals surface area contributed by atoms with E-state index >= 15 is 0 Å². The third-order valence-electron chi connectivity index (χ3n) is 11.3. The zero-order valence-corrected chi connectivity index (χ0v) is 47.4. The van der Waals surface area contributed by atoms with Gasteiger partial charge in [-0.15, -0.1) is 0 Å². The number of allylic oxidation sites excluding steroid dienone is 2. The summed E-state index contributed by atoms with van der Waals surface area (Å²) < 4.78 is 22.5. The van der Waals surface area contributed by atoms with E-state index in [0.29, 0.717) is 41.7 Å². The van der Waals surface area contributed by atoms with Gasteiger partial charge in [-0.3, -0.25) is 19.2 Å². The minimum atomic E-state index is -1.73. The average molecular weight is 1140 g/mol. The Kier molecular flexibility index (Phi) is 24.1. The van der Waals surface area contributed by atoms with E-state index in [0.717, 1.165) is 5.56 Å². The number of amides is 4. The number of nitrogens with one attached hydrogen (secondary N) is 2. The van der Waals surface area contributed by atoms with Gasteiger partial charge in [0.2, 0.25) is 11.8 Å². The third kappa shape index (κ3) is 19.9. The number of methoxy groups -OCH3 is 2. The zero-order chi connectivity index (χ0) is 54.6. The maximum atomic E-state index is 13.4. The number of ether oxygens (including phenoxy) is 4. The number of rotatable bonds is 16. The predicted octanol–water partition coefficient (Wildman–Crippen LogP) is 5.10. The number of aliphatic hydroxyl groups excluding tert-OH is 4. The van der Waals surface area contributed by atoms with Gasteiger partial charge in [0.05, 0.1) is 0 Å². The number of pyridine rings is 2. The molecule has 4 amide bonds. The maximum absolute atomic E-state index is 13.4. The molecule has 0 bridgehead atoms. The molecule has 3 fully saturated rings. The number of aliphatic hydroxyl groups is 4. The van der Waals surface area contributed by atoms with E-state index in [1.54, 1.807) is 71.8 Å². The molecule has 0 aromatic carbocycles. The van der Waals surface area contributed by atoms with E-state index in [1.807, 2.05) is 47.6 Å². The van der Waals surface area contributed by atoms with Crippen LogP contribution in [0.1, 0.15) is 66.5 Å². The van der Waals surface area contributed by atoms with Gasteiger partial charge in [0, 0.05) is 63.4 Å². The summed E-state index contributed by atoms with van der Waals surface area (Å²) in [5.41, 5.74) is 1.06. The van der Waals surface area contributed by atoms with Crippen LogP contribution >= 0.6 is 69.9 Å². The van der Waals surface area contributed by atoms with E-state index in [-0.39, 0.29) is 56.3 Å². The van der Waals surface area contributed by atoms with Crippen LogP contribution in [0, 0.1) is 10.8 Å². The molecule has 3 saturated heterocycles. The highest BCUT2D eigenvalue weighted by Crippen LogP contribution is 2.32. The molecule has 0 radical (unpaired) electrons. The van der Waals surface area contributed by atoms with Crippen LogP contribution < -0.4 is 10.6 Å². The first-order valence-corrected chi connectivity index (χ1v) is 27.3. The Hall–Kier alpha value is -2.80. The van der Waals surface area contributed by atoms with Crippen LogP contribution in [0.4, 0.5) is 0 Å². The molecule has 0 saturated carbocycles. The number of hydrogen-bond donors (Lipinski definition) is 6. The first-order valence-electron chi connectivity index (χ1n) is 23.5. The minimum absolute atomic E-state index is 0.130. The predicted molar refractivity (Wildman–Crippen MR) is 284 cm³/mol. The molecule has 408 valence electrons. The topological polar surface area (TPSA) is 242 Å². The molecule has 0 spiro atoms. The van der Waals surface area contributed by atoms with Gasteiger partial charge in [0.1, 0.15) is 69.3 Å². The molecule has 2 unspecified atom stereocenters. The molecule has 2 aromatic heterocycles. The minimum Gasteiger partial charge on any atom is -0.387 e. The number of nitrogens with zero attached hydrogens (tertiary/aromatic N) is 4. The van der Waals surface area contributed by atoms with Crippen LogP contribution in [0.2, 0.25) is 20.6 Å². The second-order valence-corrected chi connectivity index (χ2v) is 24.2. The first kappa shape index (κ1) is 62.7. The van der Waals surface area contributed by atoms with Crippen molar-refractivity contribution in [2.45, 2.75) is 135 Å². The number of hydrogen-bond acceptors (Lipinski definition) is 16. The van der Waals surface area contributed by atoms with Crippen molar-refractivity contribution >= 4 is 93.6 Å². The lowest BCUT2D eigenvalue weighted by Crippen LogP contribution is -2.62. The normalized spacial score (nSPS) is 24.2. The van der Waals surface area contributed by atoms with E-state index in [1.165, 1.54) is 32.1 Å². The number of carbonyl (C=O) groups is 4. The summed E-state index contributed by atoms with van der Waals surface area (Å²) >= 11 is 27.0. The summed E-state index contributed by atoms with van der Waals surface area (Å²) in [6.07, 6.45) is -3.63. The lowest BCUT2D eigenvalue weighted by Gasteiger charge is -2.45. The Morgan fingerprint density at radius 2 is 1.22 bits per heavy atom. The molecular formula is C49H70Cl4N6O12S2. The Labute approximate surface area is 456 Å². The molecule has 3 aliphatic heterocycles. The van der Waals surface area contributed by atoms with Crippen molar-refractivity contribution < 1.29 is 58.6 Å². The summed E-state index contributed by atoms with van der Waals surface area (Å²) in [6.45, 7) is 16.7. The van der Waals surface area contributed by atoms with Gasteiger partial charge >= 0.3 is 0 Å². The van der Waals surface area contributed by atoms with E-state index in [2.05, 4.69) is 20.6 Å². The highest BCUT2D eigenvalue weighted by molar-refractivity contribution is 7.99. The highest BCUT2D eigenvalue weighted by atomic mass is 35.5. The highest BCUT2D eigenvalue weighted by Gasteiger charge is 2.48. The van der Waals surface area contributed by atoms with Crippen molar-refractivity contribution in [3.8, 4) is 0 Å². The molecule has 2 aromatic rings. The van der Waals surface area contributed by atoms with E-state index < -0.39 is 78.5 Å². The SMILES string of the molecule is CO[C@@H](C(=O)NC1CSCCN(Cc2cc(Cl)nc(Cl)c2)C1=O)[C@@H]1OC(C)(C)O[C@H](/C=C/C(C)(C)C)[C@@H]1O.CO[C@@H](C(=O)NC1CSCCN(Cc2cc(Cl)nc(Cl)c2)C1=O)[C@H](O)[C@@H](O)[C@H](O)/C=C/C(C)(C)C. The monoisotopic (exact) mass is 1140 g/mol. The second kappa shape index (κ2) is 28.0. The van der Waals surface area contributed by atoms with Crippen molar-refractivity contribution in [3.63, 3.8) is 0 Å². The molecule has 24 heteroatoms. The van der Waals surface area contributed by atoms with Crippen LogP contribution in [0.3, 0.4) is 0 Å². The average Bonchev–Trinajstić information content (AvgIpc) is 3.55.